The van der Waals surface area contributed by atoms with E-state index in [0.717, 1.165) is 11.3 Å². The maximum Gasteiger partial charge on any atom is 0.336 e. The molecule has 3 rings (SSSR count). The molecule has 11 nitrogen and oxygen atoms in total. The fourth-order valence-electron chi connectivity index (χ4n) is 4.62. The van der Waals surface area contributed by atoms with E-state index in [4.69, 9.17) is 9.47 Å². The summed E-state index contributed by atoms with van der Waals surface area (Å²) in [6.45, 7) is 4.14. The number of nitro groups is 1. The minimum absolute atomic E-state index is 0. The molecule has 2 aromatic carbocycles. The molecule has 0 saturated carbocycles. The van der Waals surface area contributed by atoms with Gasteiger partial charge in [-0.3, -0.25) is 10.1 Å². The number of halogens is 1. The third kappa shape index (κ3) is 7.59. The molecule has 0 bridgehead atoms. The molecule has 12 heteroatoms. The summed E-state index contributed by atoms with van der Waals surface area (Å²) < 4.78 is 10.6. The Hall–Kier alpha value is -3.93. The number of non-ortho nitro benzene ring substituents is 1. The fourth-order valence-corrected chi connectivity index (χ4v) is 4.62. The van der Waals surface area contributed by atoms with Gasteiger partial charge in [-0.15, -0.1) is 12.4 Å². The van der Waals surface area contributed by atoms with E-state index >= 15 is 0 Å². The van der Waals surface area contributed by atoms with Gasteiger partial charge in [0.15, 0.2) is 0 Å². The van der Waals surface area contributed by atoms with Crippen molar-refractivity contribution in [1.29, 1.82) is 0 Å². The molecule has 1 aliphatic rings. The number of benzene rings is 2. The zero-order valence-corrected chi connectivity index (χ0v) is 23.4. The summed E-state index contributed by atoms with van der Waals surface area (Å²) in [4.78, 5) is 38.9. The van der Waals surface area contributed by atoms with Crippen molar-refractivity contribution in [1.82, 2.24) is 5.32 Å². The second-order valence-electron chi connectivity index (χ2n) is 8.97. The maximum absolute atomic E-state index is 13.4. The number of dihydropyridines is 1. The van der Waals surface area contributed by atoms with Crippen molar-refractivity contribution in [2.75, 3.05) is 44.9 Å². The molecule has 216 valence electrons. The lowest BCUT2D eigenvalue weighted by Crippen LogP contribution is -2.32. The van der Waals surface area contributed by atoms with E-state index < -0.39 is 22.8 Å². The Morgan fingerprint density at radius 2 is 1.60 bits per heavy atom. The number of rotatable bonds is 12. The Labute approximate surface area is 238 Å². The monoisotopic (exact) mass is 575 g/mol. The molecule has 0 radical (unpaired) electrons. The Bertz CT molecular complexity index is 1270. The van der Waals surface area contributed by atoms with Crippen LogP contribution in [0.2, 0.25) is 0 Å². The van der Waals surface area contributed by atoms with Gasteiger partial charge in [-0.25, -0.2) is 9.59 Å². The smallest absolute Gasteiger partial charge is 0.336 e. The van der Waals surface area contributed by atoms with Gasteiger partial charge in [0.1, 0.15) is 0 Å². The molecular formula is C28H34ClN3O8. The second-order valence-corrected chi connectivity index (χ2v) is 8.97. The molecule has 0 amide bonds. The minimum Gasteiger partial charge on any atom is -0.466 e. The number of methoxy groups -OCH3 is 1. The van der Waals surface area contributed by atoms with E-state index in [1.807, 2.05) is 29.2 Å². The number of anilines is 1. The number of carbonyl (C=O) groups is 2. The molecule has 0 aliphatic carbocycles. The Morgan fingerprint density at radius 3 is 2.15 bits per heavy atom. The molecule has 0 spiro atoms. The number of aliphatic hydroxyl groups excluding tert-OH is 2. The van der Waals surface area contributed by atoms with Crippen LogP contribution in [0.1, 0.15) is 30.9 Å². The number of esters is 2. The molecule has 1 unspecified atom stereocenters. The summed E-state index contributed by atoms with van der Waals surface area (Å²) in [5, 5.41) is 32.9. The van der Waals surface area contributed by atoms with Crippen molar-refractivity contribution in [2.24, 2.45) is 0 Å². The summed E-state index contributed by atoms with van der Waals surface area (Å²) in [6, 6.07) is 13.3. The van der Waals surface area contributed by atoms with Crippen molar-refractivity contribution in [3.63, 3.8) is 0 Å². The van der Waals surface area contributed by atoms with Gasteiger partial charge in [0.2, 0.25) is 0 Å². The lowest BCUT2D eigenvalue weighted by atomic mass is 9.80. The first-order chi connectivity index (χ1) is 18.7. The SMILES string of the molecule is COC(=O)C1=C(C)NC(C)=C(C(=O)OCCc2ccc(N(CCO)CCO)cc2)C1c1cccc([N+](=O)[O-])c1.Cl. The molecule has 2 aromatic rings. The number of allylic oxidation sites excluding steroid dienone is 2. The first-order valence-electron chi connectivity index (χ1n) is 12.5. The van der Waals surface area contributed by atoms with Crippen molar-refractivity contribution < 1.29 is 34.2 Å². The number of nitrogens with zero attached hydrogens (tertiary/aromatic N) is 2. The Balaban J connectivity index is 0.00000560. The van der Waals surface area contributed by atoms with Gasteiger partial charge in [0, 0.05) is 48.7 Å². The van der Waals surface area contributed by atoms with Crippen LogP contribution >= 0.6 is 12.4 Å². The van der Waals surface area contributed by atoms with Crippen LogP contribution in [0, 0.1) is 10.1 Å². The fraction of sp³-hybridized carbons (Fsp3) is 0.357. The standard InChI is InChI=1S/C28H33N3O8.ClH/c1-18-24(27(34)38-3)26(21-5-4-6-23(17-21)31(36)37)25(19(2)29-18)28(35)39-16-11-20-7-9-22(10-8-20)30(12-14-32)13-15-33;/h4-10,17,26,29,32-33H,11-16H2,1-3H3;1H. The average molecular weight is 576 g/mol. The van der Waals surface area contributed by atoms with Gasteiger partial charge in [0.25, 0.3) is 5.69 Å². The van der Waals surface area contributed by atoms with Crippen LogP contribution < -0.4 is 10.2 Å². The molecule has 1 aliphatic heterocycles. The van der Waals surface area contributed by atoms with Gasteiger partial charge in [-0.2, -0.15) is 0 Å². The quantitative estimate of drug-likeness (QED) is 0.196. The van der Waals surface area contributed by atoms with Crippen LogP contribution in [0.3, 0.4) is 0 Å². The first-order valence-corrected chi connectivity index (χ1v) is 12.5. The van der Waals surface area contributed by atoms with Crippen LogP contribution in [0.5, 0.6) is 0 Å². The predicted molar refractivity (Wildman–Crippen MR) is 151 cm³/mol. The van der Waals surface area contributed by atoms with Gasteiger partial charge in [-0.05, 0) is 37.1 Å². The Kier molecular flexibility index (Phi) is 12.1. The highest BCUT2D eigenvalue weighted by molar-refractivity contribution is 5.99. The third-order valence-corrected chi connectivity index (χ3v) is 6.47. The molecule has 40 heavy (non-hydrogen) atoms. The topological polar surface area (TPSA) is 151 Å². The Morgan fingerprint density at radius 1 is 1.00 bits per heavy atom. The van der Waals surface area contributed by atoms with Crippen LogP contribution in [0.4, 0.5) is 11.4 Å². The largest absolute Gasteiger partial charge is 0.466 e. The molecular weight excluding hydrogens is 542 g/mol. The zero-order valence-electron chi connectivity index (χ0n) is 22.6. The van der Waals surface area contributed by atoms with Gasteiger partial charge in [-0.1, -0.05) is 24.3 Å². The van der Waals surface area contributed by atoms with Crippen LogP contribution in [0.25, 0.3) is 0 Å². The molecule has 0 fully saturated rings. The summed E-state index contributed by atoms with van der Waals surface area (Å²) in [5.41, 5.74) is 3.27. The highest BCUT2D eigenvalue weighted by Gasteiger charge is 2.38. The van der Waals surface area contributed by atoms with Gasteiger partial charge < -0.3 is 29.9 Å². The third-order valence-electron chi connectivity index (χ3n) is 6.47. The predicted octanol–water partition coefficient (Wildman–Crippen LogP) is 3.00. The van der Waals surface area contributed by atoms with Gasteiger partial charge >= 0.3 is 11.9 Å². The number of aliphatic hydroxyl groups is 2. The van der Waals surface area contributed by atoms with E-state index in [9.17, 15) is 29.9 Å². The number of carbonyl (C=O) groups excluding carboxylic acids is 2. The summed E-state index contributed by atoms with van der Waals surface area (Å²) in [5.74, 6) is -2.24. The highest BCUT2D eigenvalue weighted by Crippen LogP contribution is 2.40. The number of nitrogens with one attached hydrogen (secondary N) is 1. The van der Waals surface area contributed by atoms with Crippen LogP contribution in [-0.4, -0.2) is 67.1 Å². The normalized spacial score (nSPS) is 14.7. The average Bonchev–Trinajstić information content (AvgIpc) is 2.92. The number of hydrogen-bond acceptors (Lipinski definition) is 10. The second kappa shape index (κ2) is 15.0. The summed E-state index contributed by atoms with van der Waals surface area (Å²) >= 11 is 0. The summed E-state index contributed by atoms with van der Waals surface area (Å²) in [6.07, 6.45) is 0.423. The first kappa shape index (κ1) is 32.3. The van der Waals surface area contributed by atoms with E-state index in [0.29, 0.717) is 36.5 Å². The highest BCUT2D eigenvalue weighted by atomic mass is 35.5. The number of hydrogen-bond donors (Lipinski definition) is 3. The van der Waals surface area contributed by atoms with Crippen LogP contribution in [-0.2, 0) is 25.5 Å². The molecule has 0 aromatic heterocycles. The molecule has 3 N–H and O–H groups in total. The van der Waals surface area contributed by atoms with Crippen molar-refractivity contribution >= 4 is 35.7 Å². The number of ether oxygens (including phenoxy) is 2. The lowest BCUT2D eigenvalue weighted by Gasteiger charge is -2.30. The lowest BCUT2D eigenvalue weighted by molar-refractivity contribution is -0.384. The molecule has 1 heterocycles. The number of nitro benzene ring substituents is 1. The molecule has 0 saturated heterocycles. The van der Waals surface area contributed by atoms with Crippen molar-refractivity contribution in [3.05, 3.63) is 92.3 Å². The van der Waals surface area contributed by atoms with Crippen LogP contribution in [0.15, 0.2) is 71.1 Å². The van der Waals surface area contributed by atoms with E-state index in [-0.39, 0.29) is 49.1 Å². The maximum atomic E-state index is 13.4. The molecule has 1 atom stereocenters. The summed E-state index contributed by atoms with van der Waals surface area (Å²) in [7, 11) is 1.23. The van der Waals surface area contributed by atoms with Crippen molar-refractivity contribution in [2.45, 2.75) is 26.2 Å². The zero-order chi connectivity index (χ0) is 28.5. The van der Waals surface area contributed by atoms with Crippen molar-refractivity contribution in [3.8, 4) is 0 Å². The minimum atomic E-state index is -0.922. The van der Waals surface area contributed by atoms with E-state index in [2.05, 4.69) is 5.32 Å². The van der Waals surface area contributed by atoms with E-state index in [1.165, 1.54) is 25.3 Å². The van der Waals surface area contributed by atoms with Gasteiger partial charge in [0.05, 0.1) is 48.9 Å². The van der Waals surface area contributed by atoms with E-state index in [1.54, 1.807) is 19.9 Å².